The van der Waals surface area contributed by atoms with E-state index in [0.29, 0.717) is 6.04 Å². The first kappa shape index (κ1) is 16.0. The molecule has 0 spiro atoms. The van der Waals surface area contributed by atoms with Crippen molar-refractivity contribution in [1.82, 2.24) is 15.1 Å². The molecule has 3 nitrogen and oxygen atoms in total. The molecule has 1 aromatic rings. The van der Waals surface area contributed by atoms with Crippen LogP contribution in [0.15, 0.2) is 28.7 Å². The smallest absolute Gasteiger partial charge is 0.0330 e. The summed E-state index contributed by atoms with van der Waals surface area (Å²) in [5, 5.41) is 3.45. The predicted molar refractivity (Wildman–Crippen MR) is 89.1 cm³/mol. The maximum Gasteiger partial charge on any atom is 0.0330 e. The third-order valence-electron chi connectivity index (χ3n) is 4.31. The highest BCUT2D eigenvalue weighted by Gasteiger charge is 2.24. The van der Waals surface area contributed by atoms with Crippen LogP contribution in [0, 0.1) is 0 Å². The van der Waals surface area contributed by atoms with Gasteiger partial charge in [0.2, 0.25) is 0 Å². The number of rotatable bonds is 6. The average molecular weight is 340 g/mol. The standard InChI is InChI=1S/C16H26BrN3/c1-18-16(13-5-4-6-14(17)11-13)8-10-20-9-7-15(12-20)19(2)3/h4-6,11,15-16,18H,7-10,12H2,1-3H3. The molecule has 1 N–H and O–H groups in total. The zero-order valence-corrected chi connectivity index (χ0v) is 14.4. The molecule has 0 radical (unpaired) electrons. The fraction of sp³-hybridized carbons (Fsp3) is 0.625. The molecular weight excluding hydrogens is 314 g/mol. The quantitative estimate of drug-likeness (QED) is 0.859. The van der Waals surface area contributed by atoms with Gasteiger partial charge in [0.25, 0.3) is 0 Å². The molecule has 0 aliphatic carbocycles. The van der Waals surface area contributed by atoms with Gasteiger partial charge in [-0.3, -0.25) is 0 Å². The molecule has 0 bridgehead atoms. The third-order valence-corrected chi connectivity index (χ3v) is 4.80. The van der Waals surface area contributed by atoms with Gasteiger partial charge in [0.05, 0.1) is 0 Å². The van der Waals surface area contributed by atoms with Crippen molar-refractivity contribution in [2.45, 2.75) is 24.9 Å². The van der Waals surface area contributed by atoms with Gasteiger partial charge in [0.15, 0.2) is 0 Å². The molecular formula is C16H26BrN3. The van der Waals surface area contributed by atoms with Crippen LogP contribution in [0.4, 0.5) is 0 Å². The van der Waals surface area contributed by atoms with Crippen molar-refractivity contribution in [3.63, 3.8) is 0 Å². The number of halogens is 1. The van der Waals surface area contributed by atoms with E-state index >= 15 is 0 Å². The average Bonchev–Trinajstić information content (AvgIpc) is 2.88. The van der Waals surface area contributed by atoms with E-state index < -0.39 is 0 Å². The lowest BCUT2D eigenvalue weighted by molar-refractivity contribution is 0.261. The van der Waals surface area contributed by atoms with Crippen molar-refractivity contribution in [2.75, 3.05) is 40.8 Å². The summed E-state index contributed by atoms with van der Waals surface area (Å²) in [6.45, 7) is 3.61. The highest BCUT2D eigenvalue weighted by Crippen LogP contribution is 2.22. The highest BCUT2D eigenvalue weighted by atomic mass is 79.9. The molecule has 2 rings (SSSR count). The van der Waals surface area contributed by atoms with Crippen LogP contribution in [0.5, 0.6) is 0 Å². The Labute approximate surface area is 131 Å². The lowest BCUT2D eigenvalue weighted by Gasteiger charge is -2.23. The first-order chi connectivity index (χ1) is 9.60. The molecule has 4 heteroatoms. The number of nitrogens with zero attached hydrogens (tertiary/aromatic N) is 2. The molecule has 1 heterocycles. The summed E-state index contributed by atoms with van der Waals surface area (Å²) in [5.41, 5.74) is 1.37. The molecule has 20 heavy (non-hydrogen) atoms. The zero-order chi connectivity index (χ0) is 14.5. The minimum absolute atomic E-state index is 0.436. The van der Waals surface area contributed by atoms with E-state index in [9.17, 15) is 0 Å². The highest BCUT2D eigenvalue weighted by molar-refractivity contribution is 9.10. The second kappa shape index (κ2) is 7.55. The summed E-state index contributed by atoms with van der Waals surface area (Å²) >= 11 is 3.56. The van der Waals surface area contributed by atoms with Gasteiger partial charge < -0.3 is 15.1 Å². The van der Waals surface area contributed by atoms with Gasteiger partial charge in [-0.05, 0) is 58.2 Å². The molecule has 1 aromatic carbocycles. The Balaban J connectivity index is 1.86. The van der Waals surface area contributed by atoms with Gasteiger partial charge in [-0.2, -0.15) is 0 Å². The summed E-state index contributed by atoms with van der Waals surface area (Å²) in [4.78, 5) is 4.94. The lowest BCUT2D eigenvalue weighted by atomic mass is 10.0. The molecule has 1 saturated heterocycles. The van der Waals surface area contributed by atoms with Gasteiger partial charge in [0, 0.05) is 29.6 Å². The van der Waals surface area contributed by atoms with Crippen molar-refractivity contribution in [3.05, 3.63) is 34.3 Å². The predicted octanol–water partition coefficient (Wildman–Crippen LogP) is 2.74. The van der Waals surface area contributed by atoms with Crippen LogP contribution >= 0.6 is 15.9 Å². The fourth-order valence-corrected chi connectivity index (χ4v) is 3.37. The van der Waals surface area contributed by atoms with Crippen molar-refractivity contribution in [1.29, 1.82) is 0 Å². The Morgan fingerprint density at radius 1 is 1.45 bits per heavy atom. The Hall–Kier alpha value is -0.420. The summed E-state index contributed by atoms with van der Waals surface area (Å²) in [7, 11) is 6.43. The van der Waals surface area contributed by atoms with Crippen molar-refractivity contribution in [2.24, 2.45) is 0 Å². The molecule has 2 unspecified atom stereocenters. The van der Waals surface area contributed by atoms with Crippen LogP contribution in [0.1, 0.15) is 24.4 Å². The minimum atomic E-state index is 0.436. The molecule has 0 aromatic heterocycles. The van der Waals surface area contributed by atoms with Gasteiger partial charge in [-0.1, -0.05) is 28.1 Å². The zero-order valence-electron chi connectivity index (χ0n) is 12.8. The van der Waals surface area contributed by atoms with Crippen LogP contribution in [0.25, 0.3) is 0 Å². The van der Waals surface area contributed by atoms with Crippen LogP contribution in [-0.2, 0) is 0 Å². The van der Waals surface area contributed by atoms with Crippen molar-refractivity contribution >= 4 is 15.9 Å². The van der Waals surface area contributed by atoms with Crippen molar-refractivity contribution < 1.29 is 0 Å². The fourth-order valence-electron chi connectivity index (χ4n) is 2.95. The topological polar surface area (TPSA) is 18.5 Å². The number of hydrogen-bond acceptors (Lipinski definition) is 3. The SMILES string of the molecule is CNC(CCN1CCC(N(C)C)C1)c1cccc(Br)c1. The first-order valence-electron chi connectivity index (χ1n) is 7.41. The van der Waals surface area contributed by atoms with Crippen LogP contribution in [0.2, 0.25) is 0 Å². The second-order valence-corrected chi connectivity index (χ2v) is 6.81. The molecule has 1 fully saturated rings. The lowest BCUT2D eigenvalue weighted by Crippen LogP contribution is -2.32. The Kier molecular flexibility index (Phi) is 6.02. The molecule has 2 atom stereocenters. The summed E-state index contributed by atoms with van der Waals surface area (Å²) < 4.78 is 1.16. The van der Waals surface area contributed by atoms with Gasteiger partial charge in [0.1, 0.15) is 0 Å². The minimum Gasteiger partial charge on any atom is -0.313 e. The van der Waals surface area contributed by atoms with E-state index in [4.69, 9.17) is 0 Å². The van der Waals surface area contributed by atoms with E-state index in [0.717, 1.165) is 16.9 Å². The molecule has 1 aliphatic rings. The van der Waals surface area contributed by atoms with E-state index in [1.165, 1.54) is 31.6 Å². The van der Waals surface area contributed by atoms with Crippen molar-refractivity contribution in [3.8, 4) is 0 Å². The number of likely N-dealkylation sites (N-methyl/N-ethyl adjacent to an activating group) is 1. The summed E-state index contributed by atoms with van der Waals surface area (Å²) in [6.07, 6.45) is 2.46. The maximum absolute atomic E-state index is 3.56. The monoisotopic (exact) mass is 339 g/mol. The van der Waals surface area contributed by atoms with E-state index in [-0.39, 0.29) is 0 Å². The van der Waals surface area contributed by atoms with E-state index in [1.807, 2.05) is 0 Å². The van der Waals surface area contributed by atoms with Gasteiger partial charge in [-0.15, -0.1) is 0 Å². The largest absolute Gasteiger partial charge is 0.313 e. The molecule has 0 saturated carbocycles. The summed E-state index contributed by atoms with van der Waals surface area (Å²) in [6, 6.07) is 9.78. The molecule has 112 valence electrons. The molecule has 1 aliphatic heterocycles. The first-order valence-corrected chi connectivity index (χ1v) is 8.21. The number of benzene rings is 1. The number of hydrogen-bond donors (Lipinski definition) is 1. The maximum atomic E-state index is 3.56. The van der Waals surface area contributed by atoms with Gasteiger partial charge in [-0.25, -0.2) is 0 Å². The van der Waals surface area contributed by atoms with E-state index in [2.05, 4.69) is 76.5 Å². The Bertz CT molecular complexity index is 422. The van der Waals surface area contributed by atoms with E-state index in [1.54, 1.807) is 0 Å². The van der Waals surface area contributed by atoms with Crippen LogP contribution < -0.4 is 5.32 Å². The summed E-state index contributed by atoms with van der Waals surface area (Å²) in [5.74, 6) is 0. The van der Waals surface area contributed by atoms with Gasteiger partial charge >= 0.3 is 0 Å². The number of likely N-dealkylation sites (tertiary alicyclic amines) is 1. The second-order valence-electron chi connectivity index (χ2n) is 5.89. The van der Waals surface area contributed by atoms with Crippen LogP contribution in [0.3, 0.4) is 0 Å². The number of nitrogens with one attached hydrogen (secondary N) is 1. The normalized spacial score (nSPS) is 21.6. The molecule has 0 amide bonds. The Morgan fingerprint density at radius 3 is 2.85 bits per heavy atom. The third kappa shape index (κ3) is 4.29. The van der Waals surface area contributed by atoms with Crippen LogP contribution in [-0.4, -0.2) is 56.6 Å². The Morgan fingerprint density at radius 2 is 2.25 bits per heavy atom.